The Bertz CT molecular complexity index is 297. The second kappa shape index (κ2) is 8.02. The zero-order chi connectivity index (χ0) is 14.4. The van der Waals surface area contributed by atoms with Gasteiger partial charge in [0.25, 0.3) is 0 Å². The maximum atomic E-state index is 12.9. The van der Waals surface area contributed by atoms with Crippen LogP contribution >= 0.6 is 0 Å². The van der Waals surface area contributed by atoms with Gasteiger partial charge in [0.15, 0.2) is 0 Å². The number of likely N-dealkylation sites (tertiary alicyclic amines) is 1. The van der Waals surface area contributed by atoms with E-state index in [1.165, 1.54) is 44.9 Å². The molecule has 1 saturated heterocycles. The molecule has 0 aromatic rings. The lowest BCUT2D eigenvalue weighted by Gasteiger charge is -2.40. The van der Waals surface area contributed by atoms with E-state index in [1.54, 1.807) is 0 Å². The van der Waals surface area contributed by atoms with Crippen LogP contribution in [-0.2, 0) is 4.79 Å². The number of piperidine rings is 1. The molecule has 0 aromatic carbocycles. The number of nitrogens with two attached hydrogens (primary N) is 1. The Kier molecular flexibility index (Phi) is 6.34. The summed E-state index contributed by atoms with van der Waals surface area (Å²) in [6.45, 7) is 3.83. The van der Waals surface area contributed by atoms with Gasteiger partial charge in [-0.25, -0.2) is 0 Å². The van der Waals surface area contributed by atoms with Crippen LogP contribution in [-0.4, -0.2) is 29.9 Å². The molecular formula is C17H32N2O. The molecule has 2 aliphatic rings. The van der Waals surface area contributed by atoms with Crippen LogP contribution in [0.5, 0.6) is 0 Å². The molecule has 3 heteroatoms. The highest BCUT2D eigenvalue weighted by Gasteiger charge is 2.33. The Morgan fingerprint density at radius 3 is 2.35 bits per heavy atom. The Labute approximate surface area is 124 Å². The third-order valence-corrected chi connectivity index (χ3v) is 5.41. The summed E-state index contributed by atoms with van der Waals surface area (Å²) < 4.78 is 0. The number of carbonyl (C=O) groups excluding carboxylic acids is 1. The number of amides is 1. The highest BCUT2D eigenvalue weighted by molar-refractivity contribution is 5.79. The Balaban J connectivity index is 1.95. The second-order valence-electron chi connectivity index (χ2n) is 6.76. The van der Waals surface area contributed by atoms with Gasteiger partial charge in [-0.3, -0.25) is 4.79 Å². The van der Waals surface area contributed by atoms with Crippen LogP contribution in [0.3, 0.4) is 0 Å². The van der Waals surface area contributed by atoms with Gasteiger partial charge in [-0.15, -0.1) is 0 Å². The SMILES string of the molecule is CCC1CCN(C(=O)C2CCCCCCC2)C(CN)C1. The van der Waals surface area contributed by atoms with Crippen molar-refractivity contribution in [3.63, 3.8) is 0 Å². The number of hydrogen-bond acceptors (Lipinski definition) is 2. The van der Waals surface area contributed by atoms with Crippen molar-refractivity contribution in [3.8, 4) is 0 Å². The number of nitrogens with zero attached hydrogens (tertiary/aromatic N) is 1. The van der Waals surface area contributed by atoms with E-state index in [2.05, 4.69) is 11.8 Å². The van der Waals surface area contributed by atoms with Crippen LogP contribution in [0, 0.1) is 11.8 Å². The molecule has 1 amide bonds. The number of carbonyl (C=O) groups is 1. The number of hydrogen-bond donors (Lipinski definition) is 1. The van der Waals surface area contributed by atoms with Crippen molar-refractivity contribution in [3.05, 3.63) is 0 Å². The van der Waals surface area contributed by atoms with Gasteiger partial charge in [-0.05, 0) is 31.6 Å². The van der Waals surface area contributed by atoms with Crippen molar-refractivity contribution in [1.29, 1.82) is 0 Å². The van der Waals surface area contributed by atoms with Gasteiger partial charge >= 0.3 is 0 Å². The average Bonchev–Trinajstić information content (AvgIpc) is 2.45. The third kappa shape index (κ3) is 3.97. The molecule has 1 saturated carbocycles. The minimum atomic E-state index is 0.280. The monoisotopic (exact) mass is 280 g/mol. The normalized spacial score (nSPS) is 29.8. The van der Waals surface area contributed by atoms with Crippen LogP contribution in [0.25, 0.3) is 0 Å². The molecule has 1 aliphatic carbocycles. The largest absolute Gasteiger partial charge is 0.338 e. The van der Waals surface area contributed by atoms with E-state index in [0.29, 0.717) is 18.5 Å². The summed E-state index contributed by atoms with van der Waals surface area (Å²) in [6, 6.07) is 0.298. The Hall–Kier alpha value is -0.570. The summed E-state index contributed by atoms with van der Waals surface area (Å²) in [7, 11) is 0. The van der Waals surface area contributed by atoms with Gasteiger partial charge in [0.2, 0.25) is 5.91 Å². The fourth-order valence-corrected chi connectivity index (χ4v) is 3.96. The van der Waals surface area contributed by atoms with E-state index in [9.17, 15) is 4.79 Å². The first-order valence-electron chi connectivity index (χ1n) is 8.76. The summed E-state index contributed by atoms with van der Waals surface area (Å²) in [4.78, 5) is 15.0. The summed E-state index contributed by atoms with van der Waals surface area (Å²) in [6.07, 6.45) is 12.1. The van der Waals surface area contributed by atoms with Gasteiger partial charge in [-0.2, -0.15) is 0 Å². The van der Waals surface area contributed by atoms with Crippen molar-refractivity contribution in [2.45, 2.75) is 77.2 Å². The van der Waals surface area contributed by atoms with Crippen molar-refractivity contribution in [2.24, 2.45) is 17.6 Å². The van der Waals surface area contributed by atoms with Crippen molar-refractivity contribution < 1.29 is 4.79 Å². The predicted molar refractivity (Wildman–Crippen MR) is 83.4 cm³/mol. The van der Waals surface area contributed by atoms with E-state index in [4.69, 9.17) is 5.73 Å². The van der Waals surface area contributed by atoms with E-state index in [-0.39, 0.29) is 5.92 Å². The molecular weight excluding hydrogens is 248 g/mol. The maximum Gasteiger partial charge on any atom is 0.225 e. The first-order valence-corrected chi connectivity index (χ1v) is 8.76. The molecule has 3 nitrogen and oxygen atoms in total. The van der Waals surface area contributed by atoms with Crippen LogP contribution < -0.4 is 5.73 Å². The minimum Gasteiger partial charge on any atom is -0.338 e. The standard InChI is InChI=1S/C17H32N2O/c1-2-14-10-11-19(16(12-14)13-18)17(20)15-8-6-4-3-5-7-9-15/h14-16H,2-13,18H2,1H3. The number of rotatable bonds is 3. The van der Waals surface area contributed by atoms with Crippen LogP contribution in [0.4, 0.5) is 0 Å². The molecule has 2 N–H and O–H groups in total. The Morgan fingerprint density at radius 1 is 1.10 bits per heavy atom. The molecule has 2 atom stereocenters. The lowest BCUT2D eigenvalue weighted by molar-refractivity contribution is -0.140. The summed E-state index contributed by atoms with van der Waals surface area (Å²) in [5.41, 5.74) is 5.94. The quantitative estimate of drug-likeness (QED) is 0.862. The van der Waals surface area contributed by atoms with E-state index >= 15 is 0 Å². The van der Waals surface area contributed by atoms with Crippen LogP contribution in [0.1, 0.15) is 71.1 Å². The smallest absolute Gasteiger partial charge is 0.225 e. The maximum absolute atomic E-state index is 12.9. The van der Waals surface area contributed by atoms with E-state index in [0.717, 1.165) is 31.7 Å². The molecule has 20 heavy (non-hydrogen) atoms. The lowest BCUT2D eigenvalue weighted by atomic mass is 9.85. The predicted octanol–water partition coefficient (Wildman–Crippen LogP) is 3.32. The lowest BCUT2D eigenvalue weighted by Crippen LogP contribution is -2.51. The molecule has 0 spiro atoms. The molecule has 2 rings (SSSR count). The zero-order valence-corrected chi connectivity index (χ0v) is 13.2. The van der Waals surface area contributed by atoms with Gasteiger partial charge < -0.3 is 10.6 Å². The van der Waals surface area contributed by atoms with Crippen LogP contribution in [0.15, 0.2) is 0 Å². The summed E-state index contributed by atoms with van der Waals surface area (Å²) in [5.74, 6) is 1.46. The van der Waals surface area contributed by atoms with Crippen molar-refractivity contribution in [1.82, 2.24) is 4.90 Å². The third-order valence-electron chi connectivity index (χ3n) is 5.41. The molecule has 2 fully saturated rings. The summed E-state index contributed by atoms with van der Waals surface area (Å²) in [5, 5.41) is 0. The van der Waals surface area contributed by atoms with Gasteiger partial charge in [0.05, 0.1) is 0 Å². The van der Waals surface area contributed by atoms with E-state index in [1.807, 2.05) is 0 Å². The average molecular weight is 280 g/mol. The minimum absolute atomic E-state index is 0.280. The van der Waals surface area contributed by atoms with Gasteiger partial charge in [0.1, 0.15) is 0 Å². The summed E-state index contributed by atoms with van der Waals surface area (Å²) >= 11 is 0. The fourth-order valence-electron chi connectivity index (χ4n) is 3.96. The van der Waals surface area contributed by atoms with Gasteiger partial charge in [-0.1, -0.05) is 45.4 Å². The highest BCUT2D eigenvalue weighted by atomic mass is 16.2. The Morgan fingerprint density at radius 2 is 1.75 bits per heavy atom. The first kappa shape index (κ1) is 15.8. The fraction of sp³-hybridized carbons (Fsp3) is 0.941. The molecule has 0 radical (unpaired) electrons. The molecule has 2 unspecified atom stereocenters. The molecule has 0 bridgehead atoms. The molecule has 116 valence electrons. The van der Waals surface area contributed by atoms with Gasteiger partial charge in [0, 0.05) is 25.0 Å². The molecule has 1 heterocycles. The molecule has 1 aliphatic heterocycles. The van der Waals surface area contributed by atoms with E-state index < -0.39 is 0 Å². The van der Waals surface area contributed by atoms with Crippen molar-refractivity contribution in [2.75, 3.05) is 13.1 Å². The highest BCUT2D eigenvalue weighted by Crippen LogP contribution is 2.29. The topological polar surface area (TPSA) is 46.3 Å². The first-order chi connectivity index (χ1) is 9.76. The van der Waals surface area contributed by atoms with Crippen LogP contribution in [0.2, 0.25) is 0 Å². The zero-order valence-electron chi connectivity index (χ0n) is 13.2. The second-order valence-corrected chi connectivity index (χ2v) is 6.76. The van der Waals surface area contributed by atoms with Crippen molar-refractivity contribution >= 4 is 5.91 Å². The molecule has 0 aromatic heterocycles.